The molecule has 2 saturated heterocycles. The summed E-state index contributed by atoms with van der Waals surface area (Å²) in [4.78, 5) is 41.9. The maximum Gasteiger partial charge on any atom is 0.261 e. The first-order chi connectivity index (χ1) is 21.1. The summed E-state index contributed by atoms with van der Waals surface area (Å²) in [7, 11) is -4.04. The zero-order chi connectivity index (χ0) is 31.0. The van der Waals surface area contributed by atoms with Gasteiger partial charge in [0.25, 0.3) is 21.5 Å². The minimum atomic E-state index is -4.04. The summed E-state index contributed by atoms with van der Waals surface area (Å²) in [5.74, 6) is 0.0175. The van der Waals surface area contributed by atoms with Crippen LogP contribution in [0.5, 0.6) is 0 Å². The Balaban J connectivity index is 1.35. The number of amides is 2. The number of carbonyl (C=O) groups is 2. The maximum atomic E-state index is 13.8. The van der Waals surface area contributed by atoms with E-state index in [1.807, 2.05) is 27.7 Å². The Labute approximate surface area is 258 Å². The van der Waals surface area contributed by atoms with Crippen LogP contribution in [0.1, 0.15) is 67.9 Å². The van der Waals surface area contributed by atoms with Gasteiger partial charge in [-0.15, -0.1) is 0 Å². The lowest BCUT2D eigenvalue weighted by molar-refractivity contribution is -0.114. The second-order valence-electron chi connectivity index (χ2n) is 12.2. The van der Waals surface area contributed by atoms with Gasteiger partial charge in [0.15, 0.2) is 0 Å². The van der Waals surface area contributed by atoms with Crippen LogP contribution in [0.25, 0.3) is 0 Å². The molecule has 3 atom stereocenters. The Morgan fingerprint density at radius 3 is 2.52 bits per heavy atom. The van der Waals surface area contributed by atoms with Crippen molar-refractivity contribution in [3.05, 3.63) is 82.3 Å². The third-order valence-corrected chi connectivity index (χ3v) is 10.5. The van der Waals surface area contributed by atoms with Crippen LogP contribution in [0.4, 0.5) is 17.1 Å². The van der Waals surface area contributed by atoms with E-state index in [1.165, 1.54) is 19.1 Å². The fourth-order valence-electron chi connectivity index (χ4n) is 7.10. The van der Waals surface area contributed by atoms with Crippen molar-refractivity contribution in [3.63, 3.8) is 0 Å². The van der Waals surface area contributed by atoms with Crippen molar-refractivity contribution in [2.45, 2.75) is 69.4 Å². The van der Waals surface area contributed by atoms with Crippen molar-refractivity contribution in [2.24, 2.45) is 5.92 Å². The zero-order valence-electron chi connectivity index (χ0n) is 25.2. The van der Waals surface area contributed by atoms with E-state index in [0.717, 1.165) is 37.8 Å². The van der Waals surface area contributed by atoms with Gasteiger partial charge in [0.2, 0.25) is 5.91 Å². The van der Waals surface area contributed by atoms with Crippen LogP contribution in [-0.4, -0.2) is 55.4 Å². The number of nitrogens with one attached hydrogen (secondary N) is 2. The summed E-state index contributed by atoms with van der Waals surface area (Å²) in [5.41, 5.74) is 3.00. The van der Waals surface area contributed by atoms with Gasteiger partial charge < -0.3 is 19.7 Å². The topological polar surface area (TPSA) is 121 Å². The van der Waals surface area contributed by atoms with Gasteiger partial charge in [-0.1, -0.05) is 13.0 Å². The van der Waals surface area contributed by atoms with Gasteiger partial charge in [-0.2, -0.15) is 0 Å². The molecule has 3 aliphatic heterocycles. The SMILES string of the molecule is CCC1CCCCN1C(=O)c1ccc(N2CC3CC(C2)c2cccc(=O)n2C3)c(NS(=O)(=O)c2ccc(NC(C)=O)cc2)c1. The molecule has 2 N–H and O–H groups in total. The molecule has 0 aliphatic carbocycles. The van der Waals surface area contributed by atoms with Gasteiger partial charge in [0, 0.05) is 68.1 Å². The molecule has 2 fully saturated rings. The van der Waals surface area contributed by atoms with E-state index in [1.54, 1.807) is 30.3 Å². The van der Waals surface area contributed by atoms with Gasteiger partial charge in [0.1, 0.15) is 0 Å². The molecule has 11 heteroatoms. The number of pyridine rings is 1. The number of nitrogens with zero attached hydrogens (tertiary/aromatic N) is 3. The summed E-state index contributed by atoms with van der Waals surface area (Å²) in [5, 5.41) is 2.65. The lowest BCUT2D eigenvalue weighted by Crippen LogP contribution is -2.47. The Bertz CT molecular complexity index is 1740. The Morgan fingerprint density at radius 1 is 0.977 bits per heavy atom. The smallest absolute Gasteiger partial charge is 0.261 e. The van der Waals surface area contributed by atoms with Crippen LogP contribution in [0.2, 0.25) is 0 Å². The van der Waals surface area contributed by atoms with Crippen LogP contribution >= 0.6 is 0 Å². The molecule has 0 radical (unpaired) electrons. The second-order valence-corrected chi connectivity index (χ2v) is 13.9. The van der Waals surface area contributed by atoms with Crippen LogP contribution < -0.4 is 20.5 Å². The number of anilines is 3. The number of carbonyl (C=O) groups excluding carboxylic acids is 2. The summed E-state index contributed by atoms with van der Waals surface area (Å²) < 4.78 is 32.1. The third-order valence-electron chi connectivity index (χ3n) is 9.15. The molecule has 2 amide bonds. The molecule has 3 unspecified atom stereocenters. The van der Waals surface area contributed by atoms with E-state index in [2.05, 4.69) is 21.9 Å². The van der Waals surface area contributed by atoms with Crippen LogP contribution in [0.3, 0.4) is 0 Å². The molecular formula is C33H39N5O5S. The molecule has 0 saturated carbocycles. The molecule has 2 bridgehead atoms. The monoisotopic (exact) mass is 617 g/mol. The lowest BCUT2D eigenvalue weighted by atomic mass is 9.83. The van der Waals surface area contributed by atoms with E-state index in [0.29, 0.717) is 48.8 Å². The average Bonchev–Trinajstić information content (AvgIpc) is 3.01. The van der Waals surface area contributed by atoms with E-state index in [9.17, 15) is 22.8 Å². The van der Waals surface area contributed by atoms with E-state index in [4.69, 9.17) is 0 Å². The number of piperidine rings is 2. The quantitative estimate of drug-likeness (QED) is 0.399. The summed E-state index contributed by atoms with van der Waals surface area (Å²) in [6.07, 6.45) is 4.86. The molecule has 2 aromatic carbocycles. The molecular weight excluding hydrogens is 578 g/mol. The first kappa shape index (κ1) is 29.9. The van der Waals surface area contributed by atoms with Gasteiger partial charge in [-0.3, -0.25) is 19.1 Å². The highest BCUT2D eigenvalue weighted by molar-refractivity contribution is 7.92. The number of hydrogen-bond acceptors (Lipinski definition) is 6. The largest absolute Gasteiger partial charge is 0.369 e. The Morgan fingerprint density at radius 2 is 1.77 bits per heavy atom. The molecule has 1 aromatic heterocycles. The van der Waals surface area contributed by atoms with Gasteiger partial charge in [0.05, 0.1) is 16.3 Å². The van der Waals surface area contributed by atoms with Crippen molar-refractivity contribution in [2.75, 3.05) is 34.6 Å². The number of sulfonamides is 1. The fourth-order valence-corrected chi connectivity index (χ4v) is 8.17. The Hall–Kier alpha value is -4.12. The van der Waals surface area contributed by atoms with Gasteiger partial charge >= 0.3 is 0 Å². The summed E-state index contributed by atoms with van der Waals surface area (Å²) >= 11 is 0. The first-order valence-electron chi connectivity index (χ1n) is 15.4. The molecule has 10 nitrogen and oxygen atoms in total. The van der Waals surface area contributed by atoms with Crippen molar-refractivity contribution >= 4 is 38.9 Å². The normalized spacial score (nSPS) is 21.4. The van der Waals surface area contributed by atoms with Crippen LogP contribution in [0.15, 0.2) is 70.4 Å². The number of benzene rings is 2. The highest BCUT2D eigenvalue weighted by atomic mass is 32.2. The zero-order valence-corrected chi connectivity index (χ0v) is 26.0. The van der Waals surface area contributed by atoms with Crippen molar-refractivity contribution in [1.82, 2.24) is 9.47 Å². The summed E-state index contributed by atoms with van der Waals surface area (Å²) in [6, 6.07) is 16.9. The second kappa shape index (κ2) is 12.1. The van der Waals surface area contributed by atoms with Gasteiger partial charge in [-0.25, -0.2) is 8.42 Å². The maximum absolute atomic E-state index is 13.8. The van der Waals surface area contributed by atoms with Crippen LogP contribution in [-0.2, 0) is 21.4 Å². The predicted molar refractivity (Wildman–Crippen MR) is 171 cm³/mol. The van der Waals surface area contributed by atoms with Crippen molar-refractivity contribution in [1.29, 1.82) is 0 Å². The number of fused-ring (bicyclic) bond motifs is 4. The highest BCUT2D eigenvalue weighted by Crippen LogP contribution is 2.40. The average molecular weight is 618 g/mol. The summed E-state index contributed by atoms with van der Waals surface area (Å²) in [6.45, 7) is 6.07. The highest BCUT2D eigenvalue weighted by Gasteiger charge is 2.36. The molecule has 44 heavy (non-hydrogen) atoms. The molecule has 0 spiro atoms. The van der Waals surface area contributed by atoms with E-state index in [-0.39, 0.29) is 40.1 Å². The van der Waals surface area contributed by atoms with E-state index >= 15 is 0 Å². The number of likely N-dealkylation sites (tertiary alicyclic amines) is 1. The van der Waals surface area contributed by atoms with Crippen molar-refractivity contribution in [3.8, 4) is 0 Å². The molecule has 6 rings (SSSR count). The molecule has 3 aromatic rings. The first-order valence-corrected chi connectivity index (χ1v) is 16.9. The Kier molecular flexibility index (Phi) is 8.24. The number of aromatic nitrogens is 1. The molecule has 3 aliphatic rings. The van der Waals surface area contributed by atoms with Gasteiger partial charge in [-0.05, 0) is 86.6 Å². The number of rotatable bonds is 7. The minimum absolute atomic E-state index is 0.00887. The number of hydrogen-bond donors (Lipinski definition) is 2. The fraction of sp³-hybridized carbons (Fsp3) is 0.424. The lowest BCUT2D eigenvalue weighted by Gasteiger charge is -2.44. The predicted octanol–water partition coefficient (Wildman–Crippen LogP) is 4.64. The van der Waals surface area contributed by atoms with E-state index < -0.39 is 10.0 Å². The third kappa shape index (κ3) is 5.97. The standard InChI is InChI=1S/C33H39N5O5S/c1-3-27-7-4-5-16-37(27)33(41)24-10-15-31(36-19-23-17-25(21-36)30-8-6-9-32(40)38(30)20-23)29(18-24)35-44(42,43)28-13-11-26(12-14-28)34-22(2)39/h6,8-15,18,23,25,27,35H,3-5,7,16-17,19-21H2,1-2H3,(H,34,39). The van der Waals surface area contributed by atoms with Crippen LogP contribution in [0, 0.1) is 5.92 Å². The molecule has 232 valence electrons. The minimum Gasteiger partial charge on any atom is -0.369 e. The molecule has 4 heterocycles. The van der Waals surface area contributed by atoms with Crippen molar-refractivity contribution < 1.29 is 18.0 Å².